The molecule has 0 aliphatic heterocycles. The van der Waals surface area contributed by atoms with Crippen molar-refractivity contribution in [1.82, 2.24) is 20.3 Å². The predicted octanol–water partition coefficient (Wildman–Crippen LogP) is 3.90. The highest BCUT2D eigenvalue weighted by Gasteiger charge is 2.59. The van der Waals surface area contributed by atoms with Crippen molar-refractivity contribution in [2.24, 2.45) is 17.8 Å². The average Bonchev–Trinajstić information content (AvgIpc) is 3.04. The van der Waals surface area contributed by atoms with Crippen LogP contribution < -0.4 is 5.32 Å². The number of carbonyl (C=O) groups excluding carboxylic acids is 1. The highest BCUT2D eigenvalue weighted by molar-refractivity contribution is 6.30. The van der Waals surface area contributed by atoms with Crippen LogP contribution in [0.25, 0.3) is 0 Å². The molecule has 2 aromatic rings. The van der Waals surface area contributed by atoms with E-state index in [4.69, 9.17) is 11.6 Å². The second-order valence-corrected chi connectivity index (χ2v) is 7.99. The first-order valence-electron chi connectivity index (χ1n) is 9.57. The van der Waals surface area contributed by atoms with E-state index in [0.29, 0.717) is 34.4 Å². The Morgan fingerprint density at radius 2 is 1.96 bits per heavy atom. The molecule has 1 aromatic carbocycles. The number of carbonyl (C=O) groups is 1. The number of nitrogens with one attached hydrogen (secondary N) is 1. The van der Waals surface area contributed by atoms with Crippen molar-refractivity contribution in [3.05, 3.63) is 46.7 Å². The molecule has 0 radical (unpaired) electrons. The standard InChI is InChI=1S/C20H25ClN4O/c1-3-14-11-22-24-25(14)15-9-16-17(10-15)19(16)18(4-2)23-20(26)12-5-7-13(21)8-6-12/h5-8,11,15-19H,3-4,9-10H2,1-2H3,(H,23,26)/t15-,16-,17+,18?,19+. The van der Waals surface area contributed by atoms with Gasteiger partial charge in [-0.2, -0.15) is 0 Å². The van der Waals surface area contributed by atoms with Gasteiger partial charge in [-0.1, -0.05) is 30.7 Å². The lowest BCUT2D eigenvalue weighted by molar-refractivity contribution is 0.0926. The Bertz CT molecular complexity index is 775. The molecule has 138 valence electrons. The van der Waals surface area contributed by atoms with E-state index in [1.54, 1.807) is 24.3 Å². The van der Waals surface area contributed by atoms with Crippen molar-refractivity contribution in [3.8, 4) is 0 Å². The Kier molecular flexibility index (Phi) is 4.74. The molecular weight excluding hydrogens is 348 g/mol. The van der Waals surface area contributed by atoms with Gasteiger partial charge in [0.2, 0.25) is 0 Å². The summed E-state index contributed by atoms with van der Waals surface area (Å²) in [7, 11) is 0. The van der Waals surface area contributed by atoms with Gasteiger partial charge in [0.15, 0.2) is 0 Å². The van der Waals surface area contributed by atoms with Crippen molar-refractivity contribution in [2.45, 2.75) is 51.6 Å². The molecule has 1 amide bonds. The summed E-state index contributed by atoms with van der Waals surface area (Å²) in [5.74, 6) is 1.99. The van der Waals surface area contributed by atoms with Gasteiger partial charge in [-0.25, -0.2) is 4.68 Å². The largest absolute Gasteiger partial charge is 0.349 e. The number of benzene rings is 1. The number of nitrogens with zero attached hydrogens (tertiary/aromatic N) is 3. The van der Waals surface area contributed by atoms with Crippen molar-refractivity contribution in [3.63, 3.8) is 0 Å². The number of rotatable bonds is 6. The summed E-state index contributed by atoms with van der Waals surface area (Å²) in [4.78, 5) is 12.5. The Hall–Kier alpha value is -1.88. The van der Waals surface area contributed by atoms with Crippen LogP contribution in [0.2, 0.25) is 5.02 Å². The fraction of sp³-hybridized carbons (Fsp3) is 0.550. The van der Waals surface area contributed by atoms with Gasteiger partial charge >= 0.3 is 0 Å². The summed E-state index contributed by atoms with van der Waals surface area (Å²) >= 11 is 5.91. The first kappa shape index (κ1) is 17.5. The Labute approximate surface area is 159 Å². The average molecular weight is 373 g/mol. The van der Waals surface area contributed by atoms with Gasteiger partial charge in [0.25, 0.3) is 5.91 Å². The maximum Gasteiger partial charge on any atom is 0.251 e. The third kappa shape index (κ3) is 3.13. The summed E-state index contributed by atoms with van der Waals surface area (Å²) in [6.07, 6.45) is 6.11. The molecule has 0 saturated heterocycles. The molecule has 1 N–H and O–H groups in total. The van der Waals surface area contributed by atoms with Crippen LogP contribution in [0.15, 0.2) is 30.5 Å². The van der Waals surface area contributed by atoms with Crippen LogP contribution >= 0.6 is 11.6 Å². The molecule has 2 aliphatic carbocycles. The molecule has 2 saturated carbocycles. The second kappa shape index (κ2) is 7.03. The van der Waals surface area contributed by atoms with Gasteiger partial charge in [-0.3, -0.25) is 4.79 Å². The van der Waals surface area contributed by atoms with Crippen molar-refractivity contribution < 1.29 is 4.79 Å². The van der Waals surface area contributed by atoms with E-state index in [0.717, 1.165) is 25.7 Å². The molecule has 0 spiro atoms. The molecule has 2 aliphatic rings. The lowest BCUT2D eigenvalue weighted by Crippen LogP contribution is -2.37. The lowest BCUT2D eigenvalue weighted by atomic mass is 9.99. The molecule has 2 fully saturated rings. The van der Waals surface area contributed by atoms with E-state index in [-0.39, 0.29) is 11.9 Å². The minimum Gasteiger partial charge on any atom is -0.349 e. The van der Waals surface area contributed by atoms with Crippen LogP contribution in [0.3, 0.4) is 0 Å². The van der Waals surface area contributed by atoms with E-state index in [2.05, 4.69) is 34.2 Å². The first-order valence-corrected chi connectivity index (χ1v) is 9.95. The van der Waals surface area contributed by atoms with Crippen molar-refractivity contribution >= 4 is 17.5 Å². The molecule has 0 bridgehead atoms. The van der Waals surface area contributed by atoms with Gasteiger partial charge in [0.05, 0.1) is 17.9 Å². The van der Waals surface area contributed by atoms with E-state index >= 15 is 0 Å². The minimum atomic E-state index is -0.000384. The quantitative estimate of drug-likeness (QED) is 0.836. The van der Waals surface area contributed by atoms with Crippen LogP contribution in [0, 0.1) is 17.8 Å². The molecular formula is C20H25ClN4O. The third-order valence-corrected chi connectivity index (χ3v) is 6.42. The summed E-state index contributed by atoms with van der Waals surface area (Å²) in [5, 5.41) is 12.3. The Morgan fingerprint density at radius 1 is 1.27 bits per heavy atom. The number of fused-ring (bicyclic) bond motifs is 1. The second-order valence-electron chi connectivity index (χ2n) is 7.55. The van der Waals surface area contributed by atoms with E-state index < -0.39 is 0 Å². The fourth-order valence-corrected chi connectivity index (χ4v) is 4.93. The van der Waals surface area contributed by atoms with Crippen LogP contribution in [-0.4, -0.2) is 26.9 Å². The SMILES string of the molecule is CCc1cnnn1[C@@H]1C[C@@H]2[C@H](C1)[C@H]2C(CC)NC(=O)c1ccc(Cl)cc1. The zero-order valence-corrected chi connectivity index (χ0v) is 16.0. The highest BCUT2D eigenvalue weighted by atomic mass is 35.5. The molecule has 1 aromatic heterocycles. The normalized spacial score (nSPS) is 27.8. The maximum absolute atomic E-state index is 12.5. The summed E-state index contributed by atoms with van der Waals surface area (Å²) in [5.41, 5.74) is 1.89. The molecule has 1 heterocycles. The van der Waals surface area contributed by atoms with E-state index in [1.165, 1.54) is 5.69 Å². The molecule has 5 nitrogen and oxygen atoms in total. The maximum atomic E-state index is 12.5. The van der Waals surface area contributed by atoms with E-state index in [1.807, 2.05) is 6.20 Å². The number of halogens is 1. The zero-order chi connectivity index (χ0) is 18.3. The van der Waals surface area contributed by atoms with Gasteiger partial charge in [-0.05, 0) is 67.7 Å². The predicted molar refractivity (Wildman–Crippen MR) is 101 cm³/mol. The van der Waals surface area contributed by atoms with Gasteiger partial charge in [-0.15, -0.1) is 5.10 Å². The van der Waals surface area contributed by atoms with Crippen LogP contribution in [0.5, 0.6) is 0 Å². The molecule has 26 heavy (non-hydrogen) atoms. The number of aryl methyl sites for hydroxylation is 1. The van der Waals surface area contributed by atoms with Crippen molar-refractivity contribution in [1.29, 1.82) is 0 Å². The van der Waals surface area contributed by atoms with E-state index in [9.17, 15) is 4.79 Å². The fourth-order valence-electron chi connectivity index (χ4n) is 4.81. The number of aromatic nitrogens is 3. The van der Waals surface area contributed by atoms with Crippen LogP contribution in [0.4, 0.5) is 0 Å². The Morgan fingerprint density at radius 3 is 2.58 bits per heavy atom. The number of amides is 1. The van der Waals surface area contributed by atoms with Gasteiger partial charge in [0, 0.05) is 16.6 Å². The smallest absolute Gasteiger partial charge is 0.251 e. The van der Waals surface area contributed by atoms with Gasteiger partial charge in [0.1, 0.15) is 0 Å². The molecule has 5 atom stereocenters. The summed E-state index contributed by atoms with van der Waals surface area (Å²) in [6, 6.07) is 7.81. The monoisotopic (exact) mass is 372 g/mol. The zero-order valence-electron chi connectivity index (χ0n) is 15.2. The number of hydrogen-bond acceptors (Lipinski definition) is 3. The molecule has 4 rings (SSSR count). The van der Waals surface area contributed by atoms with Crippen molar-refractivity contribution in [2.75, 3.05) is 0 Å². The number of hydrogen-bond donors (Lipinski definition) is 1. The highest BCUT2D eigenvalue weighted by Crippen LogP contribution is 2.62. The van der Waals surface area contributed by atoms with Gasteiger partial charge < -0.3 is 5.32 Å². The Balaban J connectivity index is 1.37. The summed E-state index contributed by atoms with van der Waals surface area (Å²) in [6.45, 7) is 4.30. The molecule has 1 unspecified atom stereocenters. The third-order valence-electron chi connectivity index (χ3n) is 6.17. The topological polar surface area (TPSA) is 59.8 Å². The lowest BCUT2D eigenvalue weighted by Gasteiger charge is -2.22. The molecule has 6 heteroatoms. The summed E-state index contributed by atoms with van der Waals surface area (Å²) < 4.78 is 2.12. The minimum absolute atomic E-state index is 0.000384. The van der Waals surface area contributed by atoms with Crippen LogP contribution in [-0.2, 0) is 6.42 Å². The first-order chi connectivity index (χ1) is 12.6. The van der Waals surface area contributed by atoms with Crippen LogP contribution in [0.1, 0.15) is 55.2 Å².